The summed E-state index contributed by atoms with van der Waals surface area (Å²) in [5, 5.41) is 0. The molecule has 0 aromatic heterocycles. The molecule has 0 bridgehead atoms. The Morgan fingerprint density at radius 1 is 1.00 bits per heavy atom. The molecule has 112 valence electrons. The number of rotatable bonds is 7. The van der Waals surface area contributed by atoms with Gasteiger partial charge in [0, 0.05) is 6.54 Å². The van der Waals surface area contributed by atoms with Gasteiger partial charge in [-0.15, -0.1) is 0 Å². The van der Waals surface area contributed by atoms with Crippen molar-refractivity contribution < 1.29 is 17.5 Å². The average Bonchev–Trinajstić information content (AvgIpc) is 2.46. The lowest BCUT2D eigenvalue weighted by atomic mass is 10.2. The standard InChI is InChI=1S/C15H16FNO3S/c16-14-8-4-5-9-15(14)20-11-10-17-21(18,19)12-13-6-2-1-3-7-13/h1-9,17H,10-12H2. The van der Waals surface area contributed by atoms with Crippen LogP contribution in [0.3, 0.4) is 0 Å². The van der Waals surface area contributed by atoms with E-state index < -0.39 is 15.8 Å². The maximum atomic E-state index is 13.3. The SMILES string of the molecule is O=S(=O)(Cc1ccccc1)NCCOc1ccccc1F. The number of nitrogens with one attached hydrogen (secondary N) is 1. The second-order valence-electron chi connectivity index (χ2n) is 4.42. The van der Waals surface area contributed by atoms with Crippen LogP contribution in [0.15, 0.2) is 54.6 Å². The average molecular weight is 309 g/mol. The lowest BCUT2D eigenvalue weighted by Gasteiger charge is -2.09. The maximum Gasteiger partial charge on any atom is 0.215 e. The van der Waals surface area contributed by atoms with Gasteiger partial charge in [-0.1, -0.05) is 42.5 Å². The Labute approximate surface area is 123 Å². The molecule has 0 spiro atoms. The van der Waals surface area contributed by atoms with Crippen molar-refractivity contribution in [2.24, 2.45) is 0 Å². The lowest BCUT2D eigenvalue weighted by Crippen LogP contribution is -2.29. The highest BCUT2D eigenvalue weighted by atomic mass is 32.2. The summed E-state index contributed by atoms with van der Waals surface area (Å²) in [6.07, 6.45) is 0. The van der Waals surface area contributed by atoms with Gasteiger partial charge in [-0.05, 0) is 17.7 Å². The fraction of sp³-hybridized carbons (Fsp3) is 0.200. The molecule has 2 aromatic rings. The summed E-state index contributed by atoms with van der Waals surface area (Å²) in [5.41, 5.74) is 0.708. The molecule has 0 amide bonds. The van der Waals surface area contributed by atoms with Crippen LogP contribution < -0.4 is 9.46 Å². The van der Waals surface area contributed by atoms with Crippen LogP contribution in [0.1, 0.15) is 5.56 Å². The van der Waals surface area contributed by atoms with E-state index in [2.05, 4.69) is 4.72 Å². The molecular weight excluding hydrogens is 293 g/mol. The molecule has 0 saturated heterocycles. The van der Waals surface area contributed by atoms with Gasteiger partial charge in [0.25, 0.3) is 0 Å². The third-order valence-electron chi connectivity index (χ3n) is 2.72. The van der Waals surface area contributed by atoms with E-state index in [1.165, 1.54) is 12.1 Å². The van der Waals surface area contributed by atoms with Crippen molar-refractivity contribution in [1.82, 2.24) is 4.72 Å². The first-order chi connectivity index (χ1) is 10.1. The zero-order chi connectivity index (χ0) is 15.1. The van der Waals surface area contributed by atoms with Crippen molar-refractivity contribution in [3.63, 3.8) is 0 Å². The van der Waals surface area contributed by atoms with Crippen LogP contribution in [-0.4, -0.2) is 21.6 Å². The molecule has 1 N–H and O–H groups in total. The van der Waals surface area contributed by atoms with Crippen molar-refractivity contribution in [3.8, 4) is 5.75 Å². The van der Waals surface area contributed by atoms with Crippen molar-refractivity contribution in [2.45, 2.75) is 5.75 Å². The fourth-order valence-electron chi connectivity index (χ4n) is 1.76. The zero-order valence-corrected chi connectivity index (χ0v) is 12.1. The number of halogens is 1. The molecule has 0 heterocycles. The lowest BCUT2D eigenvalue weighted by molar-refractivity contribution is 0.306. The van der Waals surface area contributed by atoms with Crippen LogP contribution in [0.5, 0.6) is 5.75 Å². The van der Waals surface area contributed by atoms with E-state index in [4.69, 9.17) is 4.74 Å². The number of ether oxygens (including phenoxy) is 1. The topological polar surface area (TPSA) is 55.4 Å². The molecule has 0 aliphatic heterocycles. The van der Waals surface area contributed by atoms with E-state index in [1.54, 1.807) is 36.4 Å². The minimum absolute atomic E-state index is 0.0644. The maximum absolute atomic E-state index is 13.3. The Hall–Kier alpha value is -1.92. The minimum Gasteiger partial charge on any atom is -0.489 e. The highest BCUT2D eigenvalue weighted by Crippen LogP contribution is 2.14. The molecule has 0 saturated carbocycles. The number of benzene rings is 2. The zero-order valence-electron chi connectivity index (χ0n) is 11.3. The van der Waals surface area contributed by atoms with Crippen LogP contribution in [0.25, 0.3) is 0 Å². The van der Waals surface area contributed by atoms with Gasteiger partial charge in [-0.25, -0.2) is 17.5 Å². The van der Waals surface area contributed by atoms with Crippen LogP contribution in [-0.2, 0) is 15.8 Å². The normalized spacial score (nSPS) is 11.3. The van der Waals surface area contributed by atoms with Crippen LogP contribution in [0.4, 0.5) is 4.39 Å². The van der Waals surface area contributed by atoms with Crippen LogP contribution in [0.2, 0.25) is 0 Å². The van der Waals surface area contributed by atoms with Gasteiger partial charge in [0.1, 0.15) is 6.61 Å². The van der Waals surface area contributed by atoms with Crippen molar-refractivity contribution in [1.29, 1.82) is 0 Å². The number of para-hydroxylation sites is 1. The van der Waals surface area contributed by atoms with E-state index in [0.717, 1.165) is 0 Å². The summed E-state index contributed by atoms with van der Waals surface area (Å²) < 4.78 is 44.6. The summed E-state index contributed by atoms with van der Waals surface area (Å²) in [6.45, 7) is 0.151. The van der Waals surface area contributed by atoms with Gasteiger partial charge >= 0.3 is 0 Å². The Morgan fingerprint density at radius 3 is 2.38 bits per heavy atom. The predicted octanol–water partition coefficient (Wildman–Crippen LogP) is 2.32. The van der Waals surface area contributed by atoms with Crippen LogP contribution >= 0.6 is 0 Å². The second-order valence-corrected chi connectivity index (χ2v) is 6.22. The van der Waals surface area contributed by atoms with Gasteiger partial charge in [-0.3, -0.25) is 0 Å². The predicted molar refractivity (Wildman–Crippen MR) is 79.0 cm³/mol. The van der Waals surface area contributed by atoms with Gasteiger partial charge in [0.05, 0.1) is 5.75 Å². The number of sulfonamides is 1. The Morgan fingerprint density at radius 2 is 1.67 bits per heavy atom. The highest BCUT2D eigenvalue weighted by molar-refractivity contribution is 7.88. The van der Waals surface area contributed by atoms with E-state index >= 15 is 0 Å². The Kier molecular flexibility index (Phi) is 5.30. The molecule has 2 aromatic carbocycles. The Balaban J connectivity index is 1.79. The first-order valence-electron chi connectivity index (χ1n) is 6.45. The van der Waals surface area contributed by atoms with E-state index in [-0.39, 0.29) is 24.7 Å². The smallest absolute Gasteiger partial charge is 0.215 e. The third kappa shape index (κ3) is 5.17. The van der Waals surface area contributed by atoms with Crippen molar-refractivity contribution >= 4 is 10.0 Å². The molecule has 2 rings (SSSR count). The molecule has 21 heavy (non-hydrogen) atoms. The third-order valence-corrected chi connectivity index (χ3v) is 4.08. The summed E-state index contributed by atoms with van der Waals surface area (Å²) >= 11 is 0. The van der Waals surface area contributed by atoms with E-state index in [0.29, 0.717) is 5.56 Å². The molecule has 0 fully saturated rings. The summed E-state index contributed by atoms with van der Waals surface area (Å²) in [5.74, 6) is -0.447. The molecule has 4 nitrogen and oxygen atoms in total. The van der Waals surface area contributed by atoms with Gasteiger partial charge in [0.15, 0.2) is 11.6 Å². The summed E-state index contributed by atoms with van der Waals surface area (Å²) in [7, 11) is -3.42. The Bertz CT molecular complexity index is 674. The molecule has 0 radical (unpaired) electrons. The van der Waals surface area contributed by atoms with E-state index in [9.17, 15) is 12.8 Å². The van der Waals surface area contributed by atoms with Crippen LogP contribution in [0, 0.1) is 5.82 Å². The fourth-order valence-corrected chi connectivity index (χ4v) is 2.89. The quantitative estimate of drug-likeness (QED) is 0.799. The molecule has 0 atom stereocenters. The summed E-state index contributed by atoms with van der Waals surface area (Å²) in [4.78, 5) is 0. The molecule has 0 unspecified atom stereocenters. The molecular formula is C15H16FNO3S. The molecule has 0 aliphatic rings. The molecule has 0 aliphatic carbocycles. The monoisotopic (exact) mass is 309 g/mol. The van der Waals surface area contributed by atoms with E-state index in [1.807, 2.05) is 6.07 Å². The second kappa shape index (κ2) is 7.19. The van der Waals surface area contributed by atoms with Gasteiger partial charge in [-0.2, -0.15) is 0 Å². The van der Waals surface area contributed by atoms with Gasteiger partial charge in [0.2, 0.25) is 10.0 Å². The van der Waals surface area contributed by atoms with Crippen molar-refractivity contribution in [2.75, 3.05) is 13.2 Å². The van der Waals surface area contributed by atoms with Crippen molar-refractivity contribution in [3.05, 3.63) is 66.0 Å². The summed E-state index contributed by atoms with van der Waals surface area (Å²) in [6, 6.07) is 14.9. The molecule has 6 heteroatoms. The highest BCUT2D eigenvalue weighted by Gasteiger charge is 2.10. The first kappa shape index (κ1) is 15.5. The minimum atomic E-state index is -3.42. The largest absolute Gasteiger partial charge is 0.489 e. The first-order valence-corrected chi connectivity index (χ1v) is 8.11. The van der Waals surface area contributed by atoms with Gasteiger partial charge < -0.3 is 4.74 Å². The number of hydrogen-bond acceptors (Lipinski definition) is 3. The number of hydrogen-bond donors (Lipinski definition) is 1.